The molecule has 3 rings (SSSR count). The Hall–Kier alpha value is -2.66. The summed E-state index contributed by atoms with van der Waals surface area (Å²) in [5.74, 6) is -0.0810. The largest absolute Gasteiger partial charge is 0.336 e. The molecule has 0 unspecified atom stereocenters. The van der Waals surface area contributed by atoms with Gasteiger partial charge < -0.3 is 14.7 Å². The van der Waals surface area contributed by atoms with Crippen molar-refractivity contribution in [3.8, 4) is 0 Å². The lowest BCUT2D eigenvalue weighted by atomic mass is 10.1. The molecule has 28 heavy (non-hydrogen) atoms. The van der Waals surface area contributed by atoms with E-state index in [1.54, 1.807) is 29.2 Å². The van der Waals surface area contributed by atoms with Crippen LogP contribution in [0, 0.1) is 6.92 Å². The number of hydrogen-bond acceptors (Lipinski definition) is 3. The molecule has 2 aromatic rings. The number of carbonyl (C=O) groups excluding carboxylic acids is 2. The zero-order valence-electron chi connectivity index (χ0n) is 17.0. The highest BCUT2D eigenvalue weighted by Crippen LogP contribution is 2.20. The number of hydrogen-bond donors (Lipinski definition) is 0. The van der Waals surface area contributed by atoms with Crippen molar-refractivity contribution in [1.29, 1.82) is 0 Å². The van der Waals surface area contributed by atoms with Crippen LogP contribution in [-0.4, -0.2) is 60.9 Å². The number of nitrogens with zero attached hydrogens (tertiary/aromatic N) is 3. The molecule has 0 saturated carbocycles. The topological polar surface area (TPSA) is 43.9 Å². The molecule has 0 bridgehead atoms. The summed E-state index contributed by atoms with van der Waals surface area (Å²) in [6.07, 6.45) is 0. The molecule has 1 aliphatic heterocycles. The van der Waals surface area contributed by atoms with Gasteiger partial charge in [-0.15, -0.1) is 0 Å². The van der Waals surface area contributed by atoms with E-state index >= 15 is 0 Å². The van der Waals surface area contributed by atoms with Crippen LogP contribution in [0.5, 0.6) is 0 Å². The fourth-order valence-corrected chi connectivity index (χ4v) is 3.63. The summed E-state index contributed by atoms with van der Waals surface area (Å²) in [5.41, 5.74) is 3.11. The Bertz CT molecular complexity index is 841. The fourth-order valence-electron chi connectivity index (χ4n) is 3.63. The number of piperazine rings is 1. The summed E-state index contributed by atoms with van der Waals surface area (Å²) in [6.45, 7) is 11.0. The number of carbonyl (C=O) groups is 2. The first-order chi connectivity index (χ1) is 13.5. The van der Waals surface area contributed by atoms with E-state index in [-0.39, 0.29) is 11.8 Å². The van der Waals surface area contributed by atoms with E-state index < -0.39 is 0 Å². The summed E-state index contributed by atoms with van der Waals surface area (Å²) >= 11 is 0. The molecule has 0 radical (unpaired) electrons. The molecule has 2 amide bonds. The molecule has 0 N–H and O–H groups in total. The van der Waals surface area contributed by atoms with E-state index in [9.17, 15) is 9.59 Å². The van der Waals surface area contributed by atoms with Gasteiger partial charge in [0.25, 0.3) is 11.8 Å². The number of aryl methyl sites for hydroxylation is 1. The fraction of sp³-hybridized carbons (Fsp3) is 0.391. The van der Waals surface area contributed by atoms with E-state index in [0.717, 1.165) is 44.0 Å². The highest BCUT2D eigenvalue weighted by atomic mass is 16.2. The van der Waals surface area contributed by atoms with Crippen molar-refractivity contribution in [2.45, 2.75) is 20.8 Å². The minimum atomic E-state index is -0.0847. The van der Waals surface area contributed by atoms with Gasteiger partial charge in [-0.3, -0.25) is 9.59 Å². The van der Waals surface area contributed by atoms with Crippen LogP contribution in [0.15, 0.2) is 48.5 Å². The Balaban J connectivity index is 1.78. The van der Waals surface area contributed by atoms with E-state index in [1.165, 1.54) is 0 Å². The molecule has 148 valence electrons. The molecule has 0 atom stereocenters. The van der Waals surface area contributed by atoms with Crippen LogP contribution in [0.3, 0.4) is 0 Å². The lowest BCUT2D eigenvalue weighted by Crippen LogP contribution is -2.48. The van der Waals surface area contributed by atoms with Gasteiger partial charge in [0, 0.05) is 49.5 Å². The predicted molar refractivity (Wildman–Crippen MR) is 113 cm³/mol. The van der Waals surface area contributed by atoms with Crippen molar-refractivity contribution in [1.82, 2.24) is 9.80 Å². The zero-order chi connectivity index (χ0) is 20.1. The lowest BCUT2D eigenvalue weighted by Gasteiger charge is -2.34. The molecule has 1 heterocycles. The third-order valence-electron chi connectivity index (χ3n) is 5.34. The number of anilines is 1. The standard InChI is InChI=1S/C23H29N3O2/c1-4-24-12-14-25(15-13-24)22(27)19-9-7-10-20(17-19)23(28)26(5-2)21-11-6-8-18(3)16-21/h6-11,16-17H,4-5,12-15H2,1-3H3. The van der Waals surface area contributed by atoms with Gasteiger partial charge in [0.2, 0.25) is 0 Å². The van der Waals surface area contributed by atoms with Gasteiger partial charge in [-0.1, -0.05) is 25.1 Å². The molecule has 1 fully saturated rings. The first-order valence-electron chi connectivity index (χ1n) is 10.0. The van der Waals surface area contributed by atoms with Crippen molar-refractivity contribution < 1.29 is 9.59 Å². The van der Waals surface area contributed by atoms with E-state index in [4.69, 9.17) is 0 Å². The second-order valence-corrected chi connectivity index (χ2v) is 7.20. The Morgan fingerprint density at radius 2 is 1.61 bits per heavy atom. The van der Waals surface area contributed by atoms with Crippen molar-refractivity contribution in [2.24, 2.45) is 0 Å². The number of rotatable bonds is 5. The minimum Gasteiger partial charge on any atom is -0.336 e. The molecule has 1 aliphatic rings. The van der Waals surface area contributed by atoms with Crippen LogP contribution in [0.25, 0.3) is 0 Å². The quantitative estimate of drug-likeness (QED) is 0.799. The van der Waals surface area contributed by atoms with Gasteiger partial charge in [-0.2, -0.15) is 0 Å². The summed E-state index contributed by atoms with van der Waals surface area (Å²) in [7, 11) is 0. The molecular formula is C23H29N3O2. The summed E-state index contributed by atoms with van der Waals surface area (Å²) in [4.78, 5) is 32.0. The monoisotopic (exact) mass is 379 g/mol. The lowest BCUT2D eigenvalue weighted by molar-refractivity contribution is 0.0643. The van der Waals surface area contributed by atoms with Crippen LogP contribution >= 0.6 is 0 Å². The highest BCUT2D eigenvalue weighted by Gasteiger charge is 2.23. The van der Waals surface area contributed by atoms with E-state index in [1.807, 2.05) is 43.0 Å². The third-order valence-corrected chi connectivity index (χ3v) is 5.34. The maximum absolute atomic E-state index is 13.1. The smallest absolute Gasteiger partial charge is 0.258 e. The van der Waals surface area contributed by atoms with Crippen molar-refractivity contribution in [3.63, 3.8) is 0 Å². The van der Waals surface area contributed by atoms with Crippen LogP contribution < -0.4 is 4.90 Å². The Kier molecular flexibility index (Phi) is 6.47. The molecule has 2 aromatic carbocycles. The Morgan fingerprint density at radius 1 is 0.929 bits per heavy atom. The molecule has 5 heteroatoms. The van der Waals surface area contributed by atoms with Gasteiger partial charge in [-0.25, -0.2) is 0 Å². The Morgan fingerprint density at radius 3 is 2.25 bits per heavy atom. The van der Waals surface area contributed by atoms with Gasteiger partial charge >= 0.3 is 0 Å². The maximum Gasteiger partial charge on any atom is 0.258 e. The van der Waals surface area contributed by atoms with E-state index in [2.05, 4.69) is 11.8 Å². The van der Waals surface area contributed by atoms with Crippen LogP contribution in [0.1, 0.15) is 40.1 Å². The van der Waals surface area contributed by atoms with E-state index in [0.29, 0.717) is 17.7 Å². The predicted octanol–water partition coefficient (Wildman–Crippen LogP) is 3.44. The molecule has 0 aliphatic carbocycles. The number of amides is 2. The summed E-state index contributed by atoms with van der Waals surface area (Å²) < 4.78 is 0. The van der Waals surface area contributed by atoms with Crippen LogP contribution in [-0.2, 0) is 0 Å². The van der Waals surface area contributed by atoms with Gasteiger partial charge in [0.15, 0.2) is 0 Å². The SMILES string of the molecule is CCN1CCN(C(=O)c2cccc(C(=O)N(CC)c3cccc(C)c3)c2)CC1. The average Bonchev–Trinajstić information content (AvgIpc) is 2.74. The summed E-state index contributed by atoms with van der Waals surface area (Å²) in [6, 6.07) is 15.0. The number of benzene rings is 2. The van der Waals surface area contributed by atoms with Crippen molar-refractivity contribution in [2.75, 3.05) is 44.2 Å². The Labute approximate surface area is 167 Å². The summed E-state index contributed by atoms with van der Waals surface area (Å²) in [5, 5.41) is 0. The van der Waals surface area contributed by atoms with Gasteiger partial charge in [0.1, 0.15) is 0 Å². The zero-order valence-corrected chi connectivity index (χ0v) is 17.0. The van der Waals surface area contributed by atoms with Gasteiger partial charge in [0.05, 0.1) is 0 Å². The molecular weight excluding hydrogens is 350 g/mol. The van der Waals surface area contributed by atoms with Gasteiger partial charge in [-0.05, 0) is 56.3 Å². The van der Waals surface area contributed by atoms with Crippen molar-refractivity contribution in [3.05, 3.63) is 65.2 Å². The van der Waals surface area contributed by atoms with Crippen molar-refractivity contribution >= 4 is 17.5 Å². The number of likely N-dealkylation sites (N-methyl/N-ethyl adjacent to an activating group) is 1. The average molecular weight is 380 g/mol. The second-order valence-electron chi connectivity index (χ2n) is 7.20. The molecule has 0 spiro atoms. The maximum atomic E-state index is 13.1. The first kappa shape index (κ1) is 20.1. The minimum absolute atomic E-state index is 0.00371. The van der Waals surface area contributed by atoms with Crippen LogP contribution in [0.2, 0.25) is 0 Å². The van der Waals surface area contributed by atoms with Crippen LogP contribution in [0.4, 0.5) is 5.69 Å². The molecule has 5 nitrogen and oxygen atoms in total. The third kappa shape index (κ3) is 4.42. The normalized spacial score (nSPS) is 14.8. The second kappa shape index (κ2) is 9.02. The molecule has 1 saturated heterocycles. The first-order valence-corrected chi connectivity index (χ1v) is 10.0. The molecule has 0 aromatic heterocycles. The highest BCUT2D eigenvalue weighted by molar-refractivity contribution is 6.07.